The number of aromatic nitrogens is 1. The summed E-state index contributed by atoms with van der Waals surface area (Å²) in [5, 5.41) is 5.57. The maximum absolute atomic E-state index is 12.1. The van der Waals surface area contributed by atoms with Crippen LogP contribution >= 0.6 is 0 Å². The summed E-state index contributed by atoms with van der Waals surface area (Å²) in [4.78, 5) is 30.1. The molecule has 3 rings (SSSR count). The van der Waals surface area contributed by atoms with Gasteiger partial charge in [0.1, 0.15) is 5.82 Å². The fourth-order valence-corrected chi connectivity index (χ4v) is 2.77. The lowest BCUT2D eigenvalue weighted by molar-refractivity contribution is -0.128. The molecule has 0 radical (unpaired) electrons. The number of rotatable bonds is 4. The van der Waals surface area contributed by atoms with Crippen molar-refractivity contribution in [3.8, 4) is 0 Å². The number of amides is 3. The number of urea groups is 1. The molecule has 0 aliphatic carbocycles. The molecule has 2 aromatic rings. The maximum atomic E-state index is 12.1. The molecule has 2 heterocycles. The first-order valence-electron chi connectivity index (χ1n) is 7.92. The molecule has 1 aliphatic rings. The number of nitrogens with zero attached hydrogens (tertiary/aromatic N) is 2. The molecule has 1 atom stereocenters. The molecule has 0 saturated carbocycles. The Morgan fingerprint density at radius 3 is 2.79 bits per heavy atom. The molecule has 124 valence electrons. The van der Waals surface area contributed by atoms with Crippen molar-refractivity contribution in [2.45, 2.75) is 25.9 Å². The number of hydrogen-bond donors (Lipinski definition) is 2. The van der Waals surface area contributed by atoms with Crippen molar-refractivity contribution >= 4 is 17.8 Å². The second kappa shape index (κ2) is 7.12. The van der Waals surface area contributed by atoms with Gasteiger partial charge in [-0.1, -0.05) is 36.4 Å². The number of benzene rings is 1. The fourth-order valence-electron chi connectivity index (χ4n) is 2.77. The molecular formula is C18H20N4O2. The van der Waals surface area contributed by atoms with E-state index in [-0.39, 0.29) is 18.0 Å². The van der Waals surface area contributed by atoms with Crippen molar-refractivity contribution in [3.63, 3.8) is 0 Å². The molecule has 6 heteroatoms. The van der Waals surface area contributed by atoms with Crippen LogP contribution < -0.4 is 10.6 Å². The molecule has 1 aromatic carbocycles. The number of likely N-dealkylation sites (tertiary alicyclic amines) is 1. The first kappa shape index (κ1) is 16.0. The average Bonchev–Trinajstić information content (AvgIpc) is 2.90. The Morgan fingerprint density at radius 1 is 1.25 bits per heavy atom. The smallest absolute Gasteiger partial charge is 0.320 e. The zero-order valence-corrected chi connectivity index (χ0v) is 13.5. The molecule has 0 spiro atoms. The highest BCUT2D eigenvalue weighted by Gasteiger charge is 2.30. The number of anilines is 1. The van der Waals surface area contributed by atoms with Gasteiger partial charge in [-0.05, 0) is 24.1 Å². The summed E-state index contributed by atoms with van der Waals surface area (Å²) in [6, 6.07) is 13.0. The van der Waals surface area contributed by atoms with E-state index in [1.165, 1.54) is 0 Å². The van der Waals surface area contributed by atoms with E-state index in [9.17, 15) is 9.59 Å². The van der Waals surface area contributed by atoms with E-state index in [4.69, 9.17) is 0 Å². The van der Waals surface area contributed by atoms with E-state index in [0.717, 1.165) is 11.1 Å². The van der Waals surface area contributed by atoms with Crippen LogP contribution in [0.3, 0.4) is 0 Å². The van der Waals surface area contributed by atoms with Gasteiger partial charge >= 0.3 is 6.03 Å². The van der Waals surface area contributed by atoms with Gasteiger partial charge in [0, 0.05) is 25.7 Å². The number of pyridine rings is 1. The van der Waals surface area contributed by atoms with E-state index in [0.29, 0.717) is 25.3 Å². The number of carbonyl (C=O) groups is 2. The molecule has 0 bridgehead atoms. The fraction of sp³-hybridized carbons (Fsp3) is 0.278. The summed E-state index contributed by atoms with van der Waals surface area (Å²) in [5.41, 5.74) is 1.97. The van der Waals surface area contributed by atoms with Crippen LogP contribution in [0.1, 0.15) is 17.5 Å². The van der Waals surface area contributed by atoms with Crippen molar-refractivity contribution in [3.05, 3.63) is 59.8 Å². The lowest BCUT2D eigenvalue weighted by atomic mass is 10.2. The highest BCUT2D eigenvalue weighted by atomic mass is 16.2. The third-order valence-electron chi connectivity index (χ3n) is 4.01. The molecule has 1 aromatic heterocycles. The van der Waals surface area contributed by atoms with E-state index in [1.807, 2.05) is 49.4 Å². The Bertz CT molecular complexity index is 733. The van der Waals surface area contributed by atoms with Gasteiger partial charge in [-0.25, -0.2) is 9.78 Å². The highest BCUT2D eigenvalue weighted by molar-refractivity contribution is 5.90. The first-order chi connectivity index (χ1) is 11.6. The Labute approximate surface area is 140 Å². The minimum Gasteiger partial charge on any atom is -0.336 e. The number of nitrogens with one attached hydrogen (secondary N) is 2. The third-order valence-corrected chi connectivity index (χ3v) is 4.01. The Balaban J connectivity index is 1.54. The summed E-state index contributed by atoms with van der Waals surface area (Å²) in [7, 11) is 0. The van der Waals surface area contributed by atoms with Crippen LogP contribution in [-0.2, 0) is 11.3 Å². The van der Waals surface area contributed by atoms with E-state index in [2.05, 4.69) is 15.6 Å². The van der Waals surface area contributed by atoms with Crippen molar-refractivity contribution in [2.75, 3.05) is 11.9 Å². The van der Waals surface area contributed by atoms with Gasteiger partial charge in [0.25, 0.3) is 0 Å². The molecule has 1 unspecified atom stereocenters. The largest absolute Gasteiger partial charge is 0.336 e. The van der Waals surface area contributed by atoms with Crippen LogP contribution in [-0.4, -0.2) is 34.4 Å². The lowest BCUT2D eigenvalue weighted by Gasteiger charge is -2.17. The van der Waals surface area contributed by atoms with Crippen molar-refractivity contribution < 1.29 is 9.59 Å². The van der Waals surface area contributed by atoms with Crippen LogP contribution in [0.5, 0.6) is 0 Å². The minimum atomic E-state index is -0.337. The first-order valence-corrected chi connectivity index (χ1v) is 7.92. The standard InChI is InChI=1S/C18H20N4O2/c1-13-6-5-9-19-17(13)21-18(24)20-15-10-16(23)22(12-15)11-14-7-3-2-4-8-14/h2-9,15H,10-12H2,1H3,(H2,19,20,21,24). The van der Waals surface area contributed by atoms with Crippen LogP contribution in [0.4, 0.5) is 10.6 Å². The van der Waals surface area contributed by atoms with Gasteiger partial charge in [-0.3, -0.25) is 10.1 Å². The number of hydrogen-bond acceptors (Lipinski definition) is 3. The Kier molecular flexibility index (Phi) is 4.74. The van der Waals surface area contributed by atoms with E-state index in [1.54, 1.807) is 11.1 Å². The Morgan fingerprint density at radius 2 is 2.04 bits per heavy atom. The summed E-state index contributed by atoms with van der Waals surface area (Å²) in [6.07, 6.45) is 1.95. The summed E-state index contributed by atoms with van der Waals surface area (Å²) < 4.78 is 0. The molecule has 2 N–H and O–H groups in total. The number of aryl methyl sites for hydroxylation is 1. The summed E-state index contributed by atoms with van der Waals surface area (Å²) >= 11 is 0. The minimum absolute atomic E-state index is 0.0539. The van der Waals surface area contributed by atoms with Gasteiger partial charge in [0.2, 0.25) is 5.91 Å². The van der Waals surface area contributed by atoms with Crippen molar-refractivity contribution in [2.24, 2.45) is 0 Å². The quantitative estimate of drug-likeness (QED) is 0.906. The van der Waals surface area contributed by atoms with Crippen LogP contribution in [0.25, 0.3) is 0 Å². The highest BCUT2D eigenvalue weighted by Crippen LogP contribution is 2.15. The van der Waals surface area contributed by atoms with Gasteiger partial charge in [0.15, 0.2) is 0 Å². The predicted octanol–water partition coefficient (Wildman–Crippen LogP) is 2.31. The molecule has 24 heavy (non-hydrogen) atoms. The third kappa shape index (κ3) is 3.90. The zero-order valence-electron chi connectivity index (χ0n) is 13.5. The zero-order chi connectivity index (χ0) is 16.9. The summed E-state index contributed by atoms with van der Waals surface area (Å²) in [6.45, 7) is 2.96. The second-order valence-electron chi connectivity index (χ2n) is 5.93. The van der Waals surface area contributed by atoms with Crippen LogP contribution in [0, 0.1) is 6.92 Å². The normalized spacial score (nSPS) is 17.0. The SMILES string of the molecule is Cc1cccnc1NC(=O)NC1CC(=O)N(Cc2ccccc2)C1. The van der Waals surface area contributed by atoms with Gasteiger partial charge in [-0.2, -0.15) is 0 Å². The molecule has 1 saturated heterocycles. The van der Waals surface area contributed by atoms with Crippen molar-refractivity contribution in [1.82, 2.24) is 15.2 Å². The van der Waals surface area contributed by atoms with Crippen LogP contribution in [0.15, 0.2) is 48.7 Å². The second-order valence-corrected chi connectivity index (χ2v) is 5.93. The van der Waals surface area contributed by atoms with Gasteiger partial charge < -0.3 is 10.2 Å². The monoisotopic (exact) mass is 324 g/mol. The molecule has 1 aliphatic heterocycles. The van der Waals surface area contributed by atoms with E-state index >= 15 is 0 Å². The molecule has 6 nitrogen and oxygen atoms in total. The average molecular weight is 324 g/mol. The molecule has 3 amide bonds. The van der Waals surface area contributed by atoms with Crippen molar-refractivity contribution in [1.29, 1.82) is 0 Å². The maximum Gasteiger partial charge on any atom is 0.320 e. The Hall–Kier alpha value is -2.89. The van der Waals surface area contributed by atoms with Crippen LogP contribution in [0.2, 0.25) is 0 Å². The lowest BCUT2D eigenvalue weighted by Crippen LogP contribution is -2.39. The molecule has 1 fully saturated rings. The van der Waals surface area contributed by atoms with E-state index < -0.39 is 0 Å². The molecular weight excluding hydrogens is 304 g/mol. The number of carbonyl (C=O) groups excluding carboxylic acids is 2. The summed E-state index contributed by atoms with van der Waals surface area (Å²) in [5.74, 6) is 0.582. The topological polar surface area (TPSA) is 74.3 Å². The van der Waals surface area contributed by atoms with Gasteiger partial charge in [0.05, 0.1) is 6.04 Å². The van der Waals surface area contributed by atoms with Gasteiger partial charge in [-0.15, -0.1) is 0 Å². The predicted molar refractivity (Wildman–Crippen MR) is 91.4 cm³/mol.